The fourth-order valence-electron chi connectivity index (χ4n) is 1.46. The molecule has 1 unspecified atom stereocenters. The third-order valence-electron chi connectivity index (χ3n) is 3.14. The highest BCUT2D eigenvalue weighted by molar-refractivity contribution is 4.82. The van der Waals surface area contributed by atoms with Gasteiger partial charge < -0.3 is 30.4 Å². The quantitative estimate of drug-likeness (QED) is 0.347. The lowest BCUT2D eigenvalue weighted by Gasteiger charge is -2.31. The Bertz CT molecular complexity index is 204. The van der Waals surface area contributed by atoms with Crippen molar-refractivity contribution in [1.29, 1.82) is 0 Å². The van der Waals surface area contributed by atoms with Gasteiger partial charge in [0.2, 0.25) is 0 Å². The van der Waals surface area contributed by atoms with E-state index in [1.807, 2.05) is 18.7 Å². The maximum absolute atomic E-state index is 9.70. The average Bonchev–Trinajstić information content (AvgIpc) is 2.34. The number of hydrogen-bond acceptors (Lipinski definition) is 6. The van der Waals surface area contributed by atoms with Crippen molar-refractivity contribution in [2.24, 2.45) is 0 Å². The molecule has 0 bridgehead atoms. The molecule has 0 radical (unpaired) electrons. The smallest absolute Gasteiger partial charge is 0.111 e. The van der Waals surface area contributed by atoms with E-state index < -0.39 is 31.0 Å². The highest BCUT2D eigenvalue weighted by Crippen LogP contribution is 2.08. The molecule has 0 rings (SSSR count). The van der Waals surface area contributed by atoms with Crippen LogP contribution in [0.1, 0.15) is 20.3 Å². The molecule has 0 aromatic carbocycles. The van der Waals surface area contributed by atoms with Crippen LogP contribution < -0.4 is 0 Å². The Labute approximate surface area is 102 Å². The molecular formula is C11H25NO5. The normalized spacial score (nSPS) is 21.0. The van der Waals surface area contributed by atoms with Crippen molar-refractivity contribution in [3.05, 3.63) is 0 Å². The first-order chi connectivity index (χ1) is 7.84. The van der Waals surface area contributed by atoms with Gasteiger partial charge in [-0.2, -0.15) is 0 Å². The Hall–Kier alpha value is -0.240. The molecule has 0 saturated carbocycles. The minimum Gasteiger partial charge on any atom is -0.394 e. The molecule has 0 fully saturated rings. The maximum Gasteiger partial charge on any atom is 0.111 e. The second-order valence-corrected chi connectivity index (χ2v) is 4.50. The first-order valence-electron chi connectivity index (χ1n) is 5.88. The molecule has 0 aromatic rings. The van der Waals surface area contributed by atoms with Crippen molar-refractivity contribution < 1.29 is 25.5 Å². The average molecular weight is 251 g/mol. The summed E-state index contributed by atoms with van der Waals surface area (Å²) in [5.41, 5.74) is 0. The SMILES string of the molecule is CCC(C)N(C)C[C@H](O)[C@@H](O)[C@H](O)[C@H](O)CO. The van der Waals surface area contributed by atoms with Gasteiger partial charge in [-0.25, -0.2) is 0 Å². The van der Waals surface area contributed by atoms with Crippen molar-refractivity contribution in [2.45, 2.75) is 50.7 Å². The fraction of sp³-hybridized carbons (Fsp3) is 1.00. The maximum atomic E-state index is 9.70. The lowest BCUT2D eigenvalue weighted by atomic mass is 10.0. The van der Waals surface area contributed by atoms with E-state index in [2.05, 4.69) is 0 Å². The van der Waals surface area contributed by atoms with Crippen molar-refractivity contribution in [1.82, 2.24) is 4.90 Å². The summed E-state index contributed by atoms with van der Waals surface area (Å²) in [5.74, 6) is 0. The van der Waals surface area contributed by atoms with Crippen LogP contribution in [0.2, 0.25) is 0 Å². The van der Waals surface area contributed by atoms with E-state index >= 15 is 0 Å². The molecular weight excluding hydrogens is 226 g/mol. The lowest BCUT2D eigenvalue weighted by Crippen LogP contribution is -2.50. The molecule has 6 nitrogen and oxygen atoms in total. The van der Waals surface area contributed by atoms with Gasteiger partial charge in [0.15, 0.2) is 0 Å². The van der Waals surface area contributed by atoms with Gasteiger partial charge in [0.05, 0.1) is 12.7 Å². The van der Waals surface area contributed by atoms with E-state index in [1.54, 1.807) is 7.05 Å². The third kappa shape index (κ3) is 5.29. The highest BCUT2D eigenvalue weighted by atomic mass is 16.4. The van der Waals surface area contributed by atoms with Gasteiger partial charge in [-0.15, -0.1) is 0 Å². The van der Waals surface area contributed by atoms with E-state index in [0.29, 0.717) is 0 Å². The van der Waals surface area contributed by atoms with E-state index in [9.17, 15) is 15.3 Å². The van der Waals surface area contributed by atoms with Gasteiger partial charge >= 0.3 is 0 Å². The van der Waals surface area contributed by atoms with Crippen LogP contribution >= 0.6 is 0 Å². The van der Waals surface area contributed by atoms with Gasteiger partial charge in [-0.05, 0) is 20.4 Å². The standard InChI is InChI=1S/C11H25NO5/c1-4-7(2)12(3)5-8(14)10(16)11(17)9(15)6-13/h7-11,13-17H,4-6H2,1-3H3/t7?,8-,9+,10+,11+/m0/s1. The molecule has 0 aliphatic carbocycles. The molecule has 0 heterocycles. The zero-order valence-corrected chi connectivity index (χ0v) is 10.7. The minimum atomic E-state index is -1.56. The number of nitrogens with zero attached hydrogens (tertiary/aromatic N) is 1. The molecule has 104 valence electrons. The van der Waals surface area contributed by atoms with E-state index in [4.69, 9.17) is 10.2 Å². The van der Waals surface area contributed by atoms with Crippen LogP contribution in [0.5, 0.6) is 0 Å². The molecule has 0 aliphatic heterocycles. The number of aliphatic hydroxyl groups excluding tert-OH is 5. The van der Waals surface area contributed by atoms with Gasteiger partial charge in [-0.3, -0.25) is 0 Å². The summed E-state index contributed by atoms with van der Waals surface area (Å²) >= 11 is 0. The Morgan fingerprint density at radius 2 is 1.47 bits per heavy atom. The first-order valence-corrected chi connectivity index (χ1v) is 5.88. The monoisotopic (exact) mass is 251 g/mol. The van der Waals surface area contributed by atoms with Crippen LogP contribution in [0.25, 0.3) is 0 Å². The zero-order chi connectivity index (χ0) is 13.6. The summed E-state index contributed by atoms with van der Waals surface area (Å²) in [6.45, 7) is 3.52. The summed E-state index contributed by atoms with van der Waals surface area (Å²) < 4.78 is 0. The predicted octanol–water partition coefficient (Wildman–Crippen LogP) is -1.85. The number of aliphatic hydroxyl groups is 5. The Balaban J connectivity index is 4.25. The highest BCUT2D eigenvalue weighted by Gasteiger charge is 2.30. The van der Waals surface area contributed by atoms with Crippen LogP contribution in [0.4, 0.5) is 0 Å². The number of rotatable bonds is 8. The van der Waals surface area contributed by atoms with Crippen molar-refractivity contribution in [3.63, 3.8) is 0 Å². The Kier molecular flexibility index (Phi) is 7.85. The second-order valence-electron chi connectivity index (χ2n) is 4.50. The number of hydrogen-bond donors (Lipinski definition) is 5. The Morgan fingerprint density at radius 3 is 1.88 bits per heavy atom. The minimum absolute atomic E-state index is 0.186. The third-order valence-corrected chi connectivity index (χ3v) is 3.14. The van der Waals surface area contributed by atoms with Crippen molar-refractivity contribution >= 4 is 0 Å². The fourth-order valence-corrected chi connectivity index (χ4v) is 1.46. The molecule has 0 aliphatic rings. The van der Waals surface area contributed by atoms with E-state index in [0.717, 1.165) is 6.42 Å². The largest absolute Gasteiger partial charge is 0.394 e. The first kappa shape index (κ1) is 16.8. The topological polar surface area (TPSA) is 104 Å². The molecule has 6 heteroatoms. The van der Waals surface area contributed by atoms with Crippen molar-refractivity contribution in [2.75, 3.05) is 20.2 Å². The molecule has 5 N–H and O–H groups in total. The van der Waals surface area contributed by atoms with E-state index in [1.165, 1.54) is 0 Å². The van der Waals surface area contributed by atoms with E-state index in [-0.39, 0.29) is 12.6 Å². The zero-order valence-electron chi connectivity index (χ0n) is 10.7. The van der Waals surface area contributed by atoms with Crippen LogP contribution in [-0.4, -0.2) is 81.1 Å². The van der Waals surface area contributed by atoms with Crippen LogP contribution in [-0.2, 0) is 0 Å². The van der Waals surface area contributed by atoms with Crippen molar-refractivity contribution in [3.8, 4) is 0 Å². The molecule has 0 saturated heterocycles. The van der Waals surface area contributed by atoms with Gasteiger partial charge in [0, 0.05) is 12.6 Å². The summed E-state index contributed by atoms with van der Waals surface area (Å²) in [7, 11) is 1.80. The summed E-state index contributed by atoms with van der Waals surface area (Å²) in [4.78, 5) is 1.85. The van der Waals surface area contributed by atoms with Crippen LogP contribution in [0.15, 0.2) is 0 Å². The summed E-state index contributed by atoms with van der Waals surface area (Å²) in [6.07, 6.45) is -4.76. The second kappa shape index (κ2) is 7.97. The molecule has 17 heavy (non-hydrogen) atoms. The van der Waals surface area contributed by atoms with Gasteiger partial charge in [0.25, 0.3) is 0 Å². The van der Waals surface area contributed by atoms with Gasteiger partial charge in [0.1, 0.15) is 18.3 Å². The predicted molar refractivity (Wildman–Crippen MR) is 63.5 cm³/mol. The lowest BCUT2D eigenvalue weighted by molar-refractivity contribution is -0.119. The van der Waals surface area contributed by atoms with Crippen LogP contribution in [0.3, 0.4) is 0 Å². The summed E-state index contributed by atoms with van der Waals surface area (Å²) in [5, 5.41) is 46.5. The summed E-state index contributed by atoms with van der Waals surface area (Å²) in [6, 6.07) is 0.247. The Morgan fingerprint density at radius 1 is 1.00 bits per heavy atom. The molecule has 0 spiro atoms. The molecule has 0 amide bonds. The molecule has 0 aromatic heterocycles. The molecule has 5 atom stereocenters. The number of likely N-dealkylation sites (N-methyl/N-ethyl adjacent to an activating group) is 1. The van der Waals surface area contributed by atoms with Gasteiger partial charge in [-0.1, -0.05) is 6.92 Å². The van der Waals surface area contributed by atoms with Crippen LogP contribution in [0, 0.1) is 0 Å².